The van der Waals surface area contributed by atoms with E-state index in [9.17, 15) is 9.59 Å². The summed E-state index contributed by atoms with van der Waals surface area (Å²) in [5, 5.41) is 12.6. The van der Waals surface area contributed by atoms with E-state index in [1.807, 2.05) is 59.3 Å². The SMILES string of the molecule is CN(C(=O)c1ccc(-c2ccc(C#N)cc2)cc1)[C@H]1CCN(C(=O)N2CC[C@H](NCCCc3ccccc3)C2)C1. The highest BCUT2D eigenvalue weighted by Gasteiger charge is 2.35. The predicted molar refractivity (Wildman–Crippen MR) is 157 cm³/mol. The molecule has 2 heterocycles. The maximum Gasteiger partial charge on any atom is 0.320 e. The minimum atomic E-state index is -0.0355. The number of aryl methyl sites for hydroxylation is 1. The number of likely N-dealkylation sites (N-methyl/N-ethyl adjacent to an activating group) is 1. The molecule has 2 atom stereocenters. The Kier molecular flexibility index (Phi) is 8.78. The zero-order chi connectivity index (χ0) is 27.9. The zero-order valence-electron chi connectivity index (χ0n) is 23.1. The van der Waals surface area contributed by atoms with Crippen LogP contribution in [0.2, 0.25) is 0 Å². The number of benzene rings is 3. The van der Waals surface area contributed by atoms with Gasteiger partial charge in [-0.05, 0) is 73.2 Å². The van der Waals surface area contributed by atoms with E-state index in [1.165, 1.54) is 5.56 Å². The Morgan fingerprint density at radius 3 is 2.25 bits per heavy atom. The fourth-order valence-corrected chi connectivity index (χ4v) is 5.69. The molecule has 2 aliphatic heterocycles. The molecule has 3 amide bonds. The first-order chi connectivity index (χ1) is 19.5. The van der Waals surface area contributed by atoms with Crippen LogP contribution in [0, 0.1) is 11.3 Å². The van der Waals surface area contributed by atoms with E-state index < -0.39 is 0 Å². The zero-order valence-corrected chi connectivity index (χ0v) is 23.1. The normalized spacial score (nSPS) is 18.5. The number of nitrogens with one attached hydrogen (secondary N) is 1. The first kappa shape index (κ1) is 27.4. The molecule has 0 unspecified atom stereocenters. The second-order valence-corrected chi connectivity index (χ2v) is 10.8. The summed E-state index contributed by atoms with van der Waals surface area (Å²) >= 11 is 0. The lowest BCUT2D eigenvalue weighted by molar-refractivity contribution is 0.0735. The van der Waals surface area contributed by atoms with Gasteiger partial charge in [0.1, 0.15) is 0 Å². The minimum Gasteiger partial charge on any atom is -0.337 e. The van der Waals surface area contributed by atoms with Crippen molar-refractivity contribution in [2.75, 3.05) is 39.8 Å². The molecule has 2 saturated heterocycles. The lowest BCUT2D eigenvalue weighted by atomic mass is 10.0. The molecule has 0 spiro atoms. The standard InChI is InChI=1S/C33H37N5O2/c1-36(32(39)29-15-13-28(14-16-29)27-11-9-26(22-34)10-12-27)31-18-21-38(24-31)33(40)37-20-17-30(23-37)35-19-5-8-25-6-3-2-4-7-25/h2-4,6-7,9-16,30-31,35H,5,8,17-21,23-24H2,1H3/t30-,31-/m0/s1. The summed E-state index contributed by atoms with van der Waals surface area (Å²) in [7, 11) is 1.83. The van der Waals surface area contributed by atoms with Gasteiger partial charge in [-0.1, -0.05) is 54.6 Å². The van der Waals surface area contributed by atoms with Crippen molar-refractivity contribution < 1.29 is 9.59 Å². The Morgan fingerprint density at radius 1 is 0.900 bits per heavy atom. The first-order valence-electron chi connectivity index (χ1n) is 14.2. The van der Waals surface area contributed by atoms with Crippen molar-refractivity contribution in [1.29, 1.82) is 5.26 Å². The van der Waals surface area contributed by atoms with Crippen molar-refractivity contribution >= 4 is 11.9 Å². The summed E-state index contributed by atoms with van der Waals surface area (Å²) in [5.41, 5.74) is 4.61. The number of hydrogen-bond acceptors (Lipinski definition) is 4. The third kappa shape index (κ3) is 6.52. The summed E-state index contributed by atoms with van der Waals surface area (Å²) in [5.74, 6) is -0.0355. The van der Waals surface area contributed by atoms with Crippen LogP contribution in [-0.4, -0.2) is 78.5 Å². The maximum atomic E-state index is 13.2. The average molecular weight is 536 g/mol. The van der Waals surface area contributed by atoms with Gasteiger partial charge in [0.15, 0.2) is 0 Å². The largest absolute Gasteiger partial charge is 0.337 e. The molecule has 3 aromatic rings. The molecule has 2 aliphatic rings. The van der Waals surface area contributed by atoms with Gasteiger partial charge in [0.2, 0.25) is 0 Å². The van der Waals surface area contributed by atoms with E-state index in [0.29, 0.717) is 30.3 Å². The fraction of sp³-hybridized carbons (Fsp3) is 0.364. The highest BCUT2D eigenvalue weighted by molar-refractivity contribution is 5.95. The van der Waals surface area contributed by atoms with Gasteiger partial charge >= 0.3 is 6.03 Å². The number of hydrogen-bond donors (Lipinski definition) is 1. The second kappa shape index (κ2) is 12.8. The number of rotatable bonds is 8. The Labute approximate surface area is 237 Å². The number of carbonyl (C=O) groups is 2. The molecule has 0 aromatic heterocycles. The lowest BCUT2D eigenvalue weighted by Gasteiger charge is -2.27. The highest BCUT2D eigenvalue weighted by Crippen LogP contribution is 2.23. The van der Waals surface area contributed by atoms with E-state index in [1.54, 1.807) is 17.0 Å². The number of nitriles is 1. The monoisotopic (exact) mass is 535 g/mol. The maximum absolute atomic E-state index is 13.2. The molecule has 7 heteroatoms. The van der Waals surface area contributed by atoms with Crippen LogP contribution in [0.15, 0.2) is 78.9 Å². The predicted octanol–water partition coefficient (Wildman–Crippen LogP) is 4.79. The third-order valence-corrected chi connectivity index (χ3v) is 8.16. The molecule has 0 bridgehead atoms. The summed E-state index contributed by atoms with van der Waals surface area (Å²) < 4.78 is 0. The van der Waals surface area contributed by atoms with Gasteiger partial charge < -0.3 is 20.0 Å². The van der Waals surface area contributed by atoms with Crippen LogP contribution in [0.1, 0.15) is 40.7 Å². The van der Waals surface area contributed by atoms with Gasteiger partial charge in [0.05, 0.1) is 17.7 Å². The van der Waals surface area contributed by atoms with Crippen LogP contribution in [-0.2, 0) is 6.42 Å². The smallest absolute Gasteiger partial charge is 0.320 e. The van der Waals surface area contributed by atoms with Gasteiger partial charge in [0.25, 0.3) is 5.91 Å². The third-order valence-electron chi connectivity index (χ3n) is 8.16. The van der Waals surface area contributed by atoms with E-state index in [2.05, 4.69) is 35.7 Å². The van der Waals surface area contributed by atoms with Crippen LogP contribution in [0.3, 0.4) is 0 Å². The molecule has 2 fully saturated rings. The summed E-state index contributed by atoms with van der Waals surface area (Å²) in [6, 6.07) is 28.1. The van der Waals surface area contributed by atoms with Gasteiger partial charge in [-0.3, -0.25) is 4.79 Å². The van der Waals surface area contributed by atoms with E-state index in [0.717, 1.165) is 56.4 Å². The molecule has 1 N–H and O–H groups in total. The lowest BCUT2D eigenvalue weighted by Crippen LogP contribution is -2.45. The topological polar surface area (TPSA) is 79.7 Å². The van der Waals surface area contributed by atoms with Crippen LogP contribution in [0.5, 0.6) is 0 Å². The second-order valence-electron chi connectivity index (χ2n) is 10.8. The van der Waals surface area contributed by atoms with Gasteiger partial charge in [0, 0.05) is 44.8 Å². The summed E-state index contributed by atoms with van der Waals surface area (Å²) in [6.07, 6.45) is 3.91. The summed E-state index contributed by atoms with van der Waals surface area (Å²) in [4.78, 5) is 32.1. The van der Waals surface area contributed by atoms with Crippen LogP contribution in [0.25, 0.3) is 11.1 Å². The number of nitrogens with zero attached hydrogens (tertiary/aromatic N) is 4. The first-order valence-corrected chi connectivity index (χ1v) is 14.2. The van der Waals surface area contributed by atoms with Crippen molar-refractivity contribution in [2.45, 2.75) is 37.8 Å². The molecule has 0 radical (unpaired) electrons. The van der Waals surface area contributed by atoms with E-state index in [-0.39, 0.29) is 18.0 Å². The van der Waals surface area contributed by atoms with Crippen LogP contribution in [0.4, 0.5) is 4.79 Å². The molecule has 5 rings (SSSR count). The Balaban J connectivity index is 1.07. The molecule has 40 heavy (non-hydrogen) atoms. The molecule has 0 aliphatic carbocycles. The molecule has 206 valence electrons. The Hall–Kier alpha value is -4.15. The molecular weight excluding hydrogens is 498 g/mol. The molecule has 0 saturated carbocycles. The van der Waals surface area contributed by atoms with E-state index in [4.69, 9.17) is 5.26 Å². The van der Waals surface area contributed by atoms with Gasteiger partial charge in [-0.15, -0.1) is 0 Å². The van der Waals surface area contributed by atoms with Crippen molar-refractivity contribution in [3.8, 4) is 17.2 Å². The van der Waals surface area contributed by atoms with Gasteiger partial charge in [-0.25, -0.2) is 4.79 Å². The average Bonchev–Trinajstić information content (AvgIpc) is 3.70. The number of carbonyl (C=O) groups excluding carboxylic acids is 2. The number of amides is 3. The highest BCUT2D eigenvalue weighted by atomic mass is 16.2. The quantitative estimate of drug-likeness (QED) is 0.421. The van der Waals surface area contributed by atoms with Crippen LogP contribution < -0.4 is 5.32 Å². The Morgan fingerprint density at radius 2 is 1.55 bits per heavy atom. The fourth-order valence-electron chi connectivity index (χ4n) is 5.69. The van der Waals surface area contributed by atoms with Crippen molar-refractivity contribution in [2.24, 2.45) is 0 Å². The number of likely N-dealkylation sites (tertiary alicyclic amines) is 2. The number of urea groups is 1. The van der Waals surface area contributed by atoms with Crippen molar-refractivity contribution in [3.63, 3.8) is 0 Å². The molecule has 7 nitrogen and oxygen atoms in total. The van der Waals surface area contributed by atoms with E-state index >= 15 is 0 Å². The van der Waals surface area contributed by atoms with Crippen molar-refractivity contribution in [3.05, 3.63) is 95.6 Å². The van der Waals surface area contributed by atoms with Crippen LogP contribution >= 0.6 is 0 Å². The minimum absolute atomic E-state index is 0.00386. The molecule has 3 aromatic carbocycles. The molecular formula is C33H37N5O2. The Bertz CT molecular complexity index is 1330. The summed E-state index contributed by atoms with van der Waals surface area (Å²) in [6.45, 7) is 3.71. The van der Waals surface area contributed by atoms with Gasteiger partial charge in [-0.2, -0.15) is 5.26 Å². The van der Waals surface area contributed by atoms with Crippen molar-refractivity contribution in [1.82, 2.24) is 20.0 Å².